The number of hydrazine groups is 1. The van der Waals surface area contributed by atoms with Crippen molar-refractivity contribution in [3.05, 3.63) is 34.9 Å². The predicted molar refractivity (Wildman–Crippen MR) is 71.7 cm³/mol. The molecule has 0 bridgehead atoms. The van der Waals surface area contributed by atoms with Gasteiger partial charge in [0.15, 0.2) is 0 Å². The van der Waals surface area contributed by atoms with Crippen molar-refractivity contribution in [3.63, 3.8) is 0 Å². The summed E-state index contributed by atoms with van der Waals surface area (Å²) in [5, 5.41) is 0. The van der Waals surface area contributed by atoms with E-state index in [4.69, 9.17) is 10.6 Å². The van der Waals surface area contributed by atoms with Crippen LogP contribution in [-0.4, -0.2) is 13.2 Å². The molecule has 96 valence electrons. The summed E-state index contributed by atoms with van der Waals surface area (Å²) in [7, 11) is 0. The standard InChI is InChI=1S/C14H24N2O/c1-4-9-17-10-8-14(16-15)13-7-5-6-11(2)12(13)3/h5-7,14,16H,4,8-10,15H2,1-3H3. The van der Waals surface area contributed by atoms with Crippen molar-refractivity contribution >= 4 is 0 Å². The van der Waals surface area contributed by atoms with Gasteiger partial charge in [0.05, 0.1) is 0 Å². The lowest BCUT2D eigenvalue weighted by Gasteiger charge is -2.19. The second-order valence-corrected chi connectivity index (χ2v) is 4.41. The highest BCUT2D eigenvalue weighted by atomic mass is 16.5. The lowest BCUT2D eigenvalue weighted by molar-refractivity contribution is 0.124. The van der Waals surface area contributed by atoms with E-state index in [1.165, 1.54) is 16.7 Å². The van der Waals surface area contributed by atoms with Crippen LogP contribution in [0.1, 0.15) is 42.5 Å². The molecule has 0 aliphatic carbocycles. The molecule has 1 aromatic rings. The lowest BCUT2D eigenvalue weighted by Crippen LogP contribution is -2.29. The van der Waals surface area contributed by atoms with Crippen LogP contribution in [0, 0.1) is 13.8 Å². The van der Waals surface area contributed by atoms with Crippen LogP contribution in [0.25, 0.3) is 0 Å². The molecule has 0 amide bonds. The van der Waals surface area contributed by atoms with Gasteiger partial charge in [0.25, 0.3) is 0 Å². The first-order chi connectivity index (χ1) is 8.20. The number of hydrogen-bond donors (Lipinski definition) is 2. The minimum atomic E-state index is 0.173. The lowest BCUT2D eigenvalue weighted by atomic mass is 9.96. The minimum absolute atomic E-state index is 0.173. The second kappa shape index (κ2) is 7.43. The Bertz CT molecular complexity index is 339. The fraction of sp³-hybridized carbons (Fsp3) is 0.571. The van der Waals surface area contributed by atoms with Crippen LogP contribution in [0.15, 0.2) is 18.2 Å². The van der Waals surface area contributed by atoms with Gasteiger partial charge in [-0.05, 0) is 43.4 Å². The molecular weight excluding hydrogens is 212 g/mol. The maximum absolute atomic E-state index is 5.63. The van der Waals surface area contributed by atoms with Crippen molar-refractivity contribution in [3.8, 4) is 0 Å². The molecule has 1 unspecified atom stereocenters. The van der Waals surface area contributed by atoms with E-state index in [0.717, 1.165) is 26.1 Å². The zero-order valence-corrected chi connectivity index (χ0v) is 11.1. The summed E-state index contributed by atoms with van der Waals surface area (Å²) in [4.78, 5) is 0. The number of ether oxygens (including phenoxy) is 1. The zero-order chi connectivity index (χ0) is 12.7. The van der Waals surface area contributed by atoms with E-state index < -0.39 is 0 Å². The molecule has 3 N–H and O–H groups in total. The Morgan fingerprint density at radius 1 is 1.29 bits per heavy atom. The van der Waals surface area contributed by atoms with Gasteiger partial charge in [0.2, 0.25) is 0 Å². The average Bonchev–Trinajstić information content (AvgIpc) is 2.34. The van der Waals surface area contributed by atoms with Crippen LogP contribution in [0.5, 0.6) is 0 Å². The monoisotopic (exact) mass is 236 g/mol. The van der Waals surface area contributed by atoms with Gasteiger partial charge in [-0.25, -0.2) is 0 Å². The first-order valence-electron chi connectivity index (χ1n) is 6.30. The summed E-state index contributed by atoms with van der Waals surface area (Å²) in [6, 6.07) is 6.51. The number of hydrogen-bond acceptors (Lipinski definition) is 3. The van der Waals surface area contributed by atoms with Crippen LogP contribution in [0.4, 0.5) is 0 Å². The van der Waals surface area contributed by atoms with E-state index in [9.17, 15) is 0 Å². The van der Waals surface area contributed by atoms with Gasteiger partial charge < -0.3 is 4.74 Å². The summed E-state index contributed by atoms with van der Waals surface area (Å²) >= 11 is 0. The molecule has 0 saturated heterocycles. The highest BCUT2D eigenvalue weighted by Crippen LogP contribution is 2.22. The third-order valence-electron chi connectivity index (χ3n) is 3.12. The summed E-state index contributed by atoms with van der Waals surface area (Å²) in [5.41, 5.74) is 6.77. The van der Waals surface area contributed by atoms with E-state index in [-0.39, 0.29) is 6.04 Å². The first-order valence-corrected chi connectivity index (χ1v) is 6.30. The molecule has 0 aromatic heterocycles. The average molecular weight is 236 g/mol. The molecular formula is C14H24N2O. The SMILES string of the molecule is CCCOCCC(NN)c1cccc(C)c1C. The van der Waals surface area contributed by atoms with E-state index in [1.807, 2.05) is 0 Å². The first kappa shape index (κ1) is 14.2. The Hall–Kier alpha value is -0.900. The normalized spacial score (nSPS) is 12.7. The van der Waals surface area contributed by atoms with Gasteiger partial charge in [0.1, 0.15) is 0 Å². The van der Waals surface area contributed by atoms with Crippen molar-refractivity contribution in [1.29, 1.82) is 0 Å². The second-order valence-electron chi connectivity index (χ2n) is 4.41. The van der Waals surface area contributed by atoms with E-state index in [1.54, 1.807) is 0 Å². The van der Waals surface area contributed by atoms with E-state index in [0.29, 0.717) is 0 Å². The summed E-state index contributed by atoms with van der Waals surface area (Å²) in [6.07, 6.45) is 1.96. The Labute approximate surface area is 104 Å². The molecule has 1 atom stereocenters. The van der Waals surface area contributed by atoms with E-state index >= 15 is 0 Å². The Morgan fingerprint density at radius 2 is 2.06 bits per heavy atom. The Balaban J connectivity index is 2.63. The van der Waals surface area contributed by atoms with Crippen LogP contribution >= 0.6 is 0 Å². The molecule has 0 spiro atoms. The minimum Gasteiger partial charge on any atom is -0.381 e. The third-order valence-corrected chi connectivity index (χ3v) is 3.12. The number of nitrogens with one attached hydrogen (secondary N) is 1. The molecule has 0 heterocycles. The maximum atomic E-state index is 5.63. The molecule has 1 aromatic carbocycles. The molecule has 0 aliphatic heterocycles. The highest BCUT2D eigenvalue weighted by molar-refractivity contribution is 5.35. The van der Waals surface area contributed by atoms with Crippen LogP contribution in [-0.2, 0) is 4.74 Å². The van der Waals surface area contributed by atoms with Crippen molar-refractivity contribution in [2.45, 2.75) is 39.7 Å². The van der Waals surface area contributed by atoms with Crippen molar-refractivity contribution < 1.29 is 4.74 Å². The summed E-state index contributed by atoms with van der Waals surface area (Å²) in [5.74, 6) is 5.63. The maximum Gasteiger partial charge on any atom is 0.0484 e. The molecule has 0 radical (unpaired) electrons. The zero-order valence-electron chi connectivity index (χ0n) is 11.1. The molecule has 3 heteroatoms. The van der Waals surface area contributed by atoms with E-state index in [2.05, 4.69) is 44.4 Å². The van der Waals surface area contributed by atoms with Crippen LogP contribution in [0.3, 0.4) is 0 Å². The predicted octanol–water partition coefficient (Wildman–Crippen LogP) is 2.62. The van der Waals surface area contributed by atoms with Crippen molar-refractivity contribution in [2.75, 3.05) is 13.2 Å². The molecule has 17 heavy (non-hydrogen) atoms. The molecule has 3 nitrogen and oxygen atoms in total. The van der Waals surface area contributed by atoms with Gasteiger partial charge in [-0.15, -0.1) is 0 Å². The molecule has 1 rings (SSSR count). The van der Waals surface area contributed by atoms with Crippen LogP contribution in [0.2, 0.25) is 0 Å². The molecule has 0 saturated carbocycles. The summed E-state index contributed by atoms with van der Waals surface area (Å²) < 4.78 is 5.51. The summed E-state index contributed by atoms with van der Waals surface area (Å²) in [6.45, 7) is 7.95. The molecule has 0 fully saturated rings. The van der Waals surface area contributed by atoms with Gasteiger partial charge >= 0.3 is 0 Å². The smallest absolute Gasteiger partial charge is 0.0484 e. The van der Waals surface area contributed by atoms with Crippen LogP contribution < -0.4 is 11.3 Å². The number of benzene rings is 1. The fourth-order valence-electron chi connectivity index (χ4n) is 1.93. The van der Waals surface area contributed by atoms with Crippen molar-refractivity contribution in [2.24, 2.45) is 5.84 Å². The van der Waals surface area contributed by atoms with Crippen molar-refractivity contribution in [1.82, 2.24) is 5.43 Å². The topological polar surface area (TPSA) is 47.3 Å². The third kappa shape index (κ3) is 4.11. The van der Waals surface area contributed by atoms with Gasteiger partial charge in [-0.2, -0.15) is 0 Å². The number of nitrogens with two attached hydrogens (primary N) is 1. The van der Waals surface area contributed by atoms with Gasteiger partial charge in [0, 0.05) is 19.3 Å². The largest absolute Gasteiger partial charge is 0.381 e. The number of rotatable bonds is 7. The Kier molecular flexibility index (Phi) is 6.19. The van der Waals surface area contributed by atoms with Gasteiger partial charge in [-0.3, -0.25) is 11.3 Å². The molecule has 0 aliphatic rings. The highest BCUT2D eigenvalue weighted by Gasteiger charge is 2.12. The van der Waals surface area contributed by atoms with Gasteiger partial charge in [-0.1, -0.05) is 25.1 Å². The number of aryl methyl sites for hydroxylation is 1. The quantitative estimate of drug-likeness (QED) is 0.434. The Morgan fingerprint density at radius 3 is 2.71 bits per heavy atom. The fourth-order valence-corrected chi connectivity index (χ4v) is 1.93.